The minimum absolute atomic E-state index is 0.0540. The monoisotopic (exact) mass is 229 g/mol. The van der Waals surface area contributed by atoms with Gasteiger partial charge in [0.05, 0.1) is 13.0 Å². The van der Waals surface area contributed by atoms with Crippen molar-refractivity contribution in [3.8, 4) is 0 Å². The molecule has 7 nitrogen and oxygen atoms in total. The van der Waals surface area contributed by atoms with Crippen LogP contribution in [0.15, 0.2) is 0 Å². The van der Waals surface area contributed by atoms with Gasteiger partial charge in [-0.2, -0.15) is 0 Å². The zero-order valence-corrected chi connectivity index (χ0v) is 8.78. The fraction of sp³-hybridized carbons (Fsp3) is 0.667. The number of carboxylic acid groups (broad SMARTS) is 1. The second-order valence-electron chi connectivity index (χ2n) is 3.62. The SMILES string of the molecule is O=C(O)CCNCC(=O)NC(=O)NC1CC1. The molecule has 3 amide bonds. The fourth-order valence-corrected chi connectivity index (χ4v) is 1.02. The highest BCUT2D eigenvalue weighted by atomic mass is 16.4. The molecule has 0 heterocycles. The summed E-state index contributed by atoms with van der Waals surface area (Å²) in [5.74, 6) is -1.40. The van der Waals surface area contributed by atoms with Gasteiger partial charge in [0.1, 0.15) is 0 Å². The Bertz CT molecular complexity index is 288. The lowest BCUT2D eigenvalue weighted by Gasteiger charge is -2.05. The molecule has 0 aromatic carbocycles. The van der Waals surface area contributed by atoms with Crippen LogP contribution in [0.1, 0.15) is 19.3 Å². The van der Waals surface area contributed by atoms with Gasteiger partial charge >= 0.3 is 12.0 Å². The summed E-state index contributed by atoms with van der Waals surface area (Å²) in [6.07, 6.45) is 1.86. The fourth-order valence-electron chi connectivity index (χ4n) is 1.02. The number of rotatable bonds is 6. The smallest absolute Gasteiger partial charge is 0.321 e. The van der Waals surface area contributed by atoms with E-state index in [1.165, 1.54) is 0 Å². The van der Waals surface area contributed by atoms with Gasteiger partial charge in [-0.15, -0.1) is 0 Å². The van der Waals surface area contributed by atoms with E-state index in [-0.39, 0.29) is 25.6 Å². The van der Waals surface area contributed by atoms with Gasteiger partial charge in [0, 0.05) is 12.6 Å². The Morgan fingerprint density at radius 1 is 1.25 bits per heavy atom. The van der Waals surface area contributed by atoms with Crippen LogP contribution in [0.2, 0.25) is 0 Å². The van der Waals surface area contributed by atoms with Crippen molar-refractivity contribution >= 4 is 17.9 Å². The minimum Gasteiger partial charge on any atom is -0.481 e. The highest BCUT2D eigenvalue weighted by Gasteiger charge is 2.23. The standard InChI is InChI=1S/C9H15N3O4/c13-7(5-10-4-3-8(14)15)12-9(16)11-6-1-2-6/h6,10H,1-5H2,(H,14,15)(H2,11,12,13,16). The van der Waals surface area contributed by atoms with Gasteiger partial charge in [0.15, 0.2) is 0 Å². The second-order valence-corrected chi connectivity index (χ2v) is 3.62. The van der Waals surface area contributed by atoms with Crippen molar-refractivity contribution in [2.75, 3.05) is 13.1 Å². The third kappa shape index (κ3) is 5.97. The van der Waals surface area contributed by atoms with E-state index in [4.69, 9.17) is 5.11 Å². The zero-order chi connectivity index (χ0) is 12.0. The Morgan fingerprint density at radius 3 is 2.50 bits per heavy atom. The predicted octanol–water partition coefficient (Wildman–Crippen LogP) is -0.961. The molecule has 4 N–H and O–H groups in total. The molecule has 0 unspecified atom stereocenters. The van der Waals surface area contributed by atoms with Gasteiger partial charge in [0.25, 0.3) is 0 Å². The molecule has 1 aliphatic carbocycles. The van der Waals surface area contributed by atoms with Crippen LogP contribution in [0.5, 0.6) is 0 Å². The Balaban J connectivity index is 2.00. The lowest BCUT2D eigenvalue weighted by molar-refractivity contribution is -0.137. The molecule has 0 aromatic rings. The Labute approximate surface area is 92.6 Å². The molecule has 90 valence electrons. The third-order valence-corrected chi connectivity index (χ3v) is 1.97. The molecule has 1 rings (SSSR count). The number of amides is 3. The van der Waals surface area contributed by atoms with E-state index in [1.54, 1.807) is 0 Å². The van der Waals surface area contributed by atoms with E-state index in [2.05, 4.69) is 16.0 Å². The van der Waals surface area contributed by atoms with Crippen molar-refractivity contribution in [3.63, 3.8) is 0 Å². The van der Waals surface area contributed by atoms with Gasteiger partial charge in [-0.05, 0) is 12.8 Å². The first-order chi connectivity index (χ1) is 7.58. The molecule has 0 atom stereocenters. The summed E-state index contributed by atoms with van der Waals surface area (Å²) in [5, 5.41) is 15.7. The first kappa shape index (κ1) is 12.4. The van der Waals surface area contributed by atoms with Crippen LogP contribution in [0.25, 0.3) is 0 Å². The molecular formula is C9H15N3O4. The number of imide groups is 1. The van der Waals surface area contributed by atoms with Crippen LogP contribution in [-0.4, -0.2) is 42.1 Å². The summed E-state index contributed by atoms with van der Waals surface area (Å²) in [6.45, 7) is 0.137. The van der Waals surface area contributed by atoms with Crippen LogP contribution < -0.4 is 16.0 Å². The van der Waals surface area contributed by atoms with Crippen LogP contribution in [0.4, 0.5) is 4.79 Å². The molecule has 0 saturated heterocycles. The molecule has 0 radical (unpaired) electrons. The number of aliphatic carboxylic acids is 1. The molecule has 0 spiro atoms. The number of carbonyl (C=O) groups excluding carboxylic acids is 2. The van der Waals surface area contributed by atoms with Gasteiger partial charge in [0.2, 0.25) is 5.91 Å². The van der Waals surface area contributed by atoms with Gasteiger partial charge in [-0.3, -0.25) is 14.9 Å². The van der Waals surface area contributed by atoms with E-state index in [0.717, 1.165) is 12.8 Å². The van der Waals surface area contributed by atoms with Crippen molar-refractivity contribution in [1.29, 1.82) is 0 Å². The normalized spacial score (nSPS) is 14.2. The summed E-state index contributed by atoms with van der Waals surface area (Å²) >= 11 is 0. The number of urea groups is 1. The van der Waals surface area contributed by atoms with E-state index in [1.807, 2.05) is 0 Å². The quantitative estimate of drug-likeness (QED) is 0.439. The Kier molecular flexibility index (Phi) is 4.71. The van der Waals surface area contributed by atoms with E-state index >= 15 is 0 Å². The van der Waals surface area contributed by atoms with Crippen LogP contribution >= 0.6 is 0 Å². The maximum absolute atomic E-state index is 11.1. The lowest BCUT2D eigenvalue weighted by Crippen LogP contribution is -2.44. The predicted molar refractivity (Wildman–Crippen MR) is 54.8 cm³/mol. The van der Waals surface area contributed by atoms with Crippen LogP contribution in [0, 0.1) is 0 Å². The largest absolute Gasteiger partial charge is 0.481 e. The zero-order valence-electron chi connectivity index (χ0n) is 8.78. The Hall–Kier alpha value is -1.63. The first-order valence-electron chi connectivity index (χ1n) is 5.11. The summed E-state index contributed by atoms with van der Waals surface area (Å²) in [5.41, 5.74) is 0. The van der Waals surface area contributed by atoms with E-state index < -0.39 is 17.9 Å². The van der Waals surface area contributed by atoms with Crippen molar-refractivity contribution in [3.05, 3.63) is 0 Å². The summed E-state index contributed by atoms with van der Waals surface area (Å²) in [4.78, 5) is 32.3. The van der Waals surface area contributed by atoms with Gasteiger partial charge < -0.3 is 15.7 Å². The summed E-state index contributed by atoms with van der Waals surface area (Å²) in [6, 6.07) is -0.291. The molecule has 0 bridgehead atoms. The molecule has 1 saturated carbocycles. The molecule has 16 heavy (non-hydrogen) atoms. The number of carboxylic acids is 1. The topological polar surface area (TPSA) is 108 Å². The minimum atomic E-state index is -0.931. The van der Waals surface area contributed by atoms with Crippen molar-refractivity contribution in [2.24, 2.45) is 0 Å². The Morgan fingerprint density at radius 2 is 1.94 bits per heavy atom. The van der Waals surface area contributed by atoms with E-state index in [0.29, 0.717) is 0 Å². The highest BCUT2D eigenvalue weighted by Crippen LogP contribution is 2.18. The number of carbonyl (C=O) groups is 3. The van der Waals surface area contributed by atoms with Crippen molar-refractivity contribution < 1.29 is 19.5 Å². The van der Waals surface area contributed by atoms with E-state index in [9.17, 15) is 14.4 Å². The van der Waals surface area contributed by atoms with Crippen molar-refractivity contribution in [1.82, 2.24) is 16.0 Å². The molecule has 0 aliphatic heterocycles. The van der Waals surface area contributed by atoms with Crippen LogP contribution in [0.3, 0.4) is 0 Å². The lowest BCUT2D eigenvalue weighted by atomic mass is 10.4. The van der Waals surface area contributed by atoms with Crippen LogP contribution in [-0.2, 0) is 9.59 Å². The summed E-state index contributed by atoms with van der Waals surface area (Å²) in [7, 11) is 0. The van der Waals surface area contributed by atoms with Gasteiger partial charge in [-0.25, -0.2) is 4.79 Å². The maximum Gasteiger partial charge on any atom is 0.321 e. The molecule has 1 aliphatic rings. The third-order valence-electron chi connectivity index (χ3n) is 1.97. The second kappa shape index (κ2) is 6.06. The van der Waals surface area contributed by atoms with Crippen molar-refractivity contribution in [2.45, 2.75) is 25.3 Å². The average molecular weight is 229 g/mol. The first-order valence-corrected chi connectivity index (χ1v) is 5.11. The number of nitrogens with one attached hydrogen (secondary N) is 3. The highest BCUT2D eigenvalue weighted by molar-refractivity contribution is 5.95. The van der Waals surface area contributed by atoms with Gasteiger partial charge in [-0.1, -0.05) is 0 Å². The molecule has 1 fully saturated rings. The molecule has 7 heteroatoms. The number of hydrogen-bond donors (Lipinski definition) is 4. The maximum atomic E-state index is 11.1. The molecular weight excluding hydrogens is 214 g/mol. The number of hydrogen-bond acceptors (Lipinski definition) is 4. The molecule has 0 aromatic heterocycles. The average Bonchev–Trinajstić information content (AvgIpc) is 2.95. The summed E-state index contributed by atoms with van der Waals surface area (Å²) < 4.78 is 0.